The van der Waals surface area contributed by atoms with Crippen molar-refractivity contribution in [1.29, 1.82) is 0 Å². The SMILES string of the molecule is CC(C)Cn1ncnc1CC(=O)C(N)C(C)C. The summed E-state index contributed by atoms with van der Waals surface area (Å²) >= 11 is 0. The van der Waals surface area contributed by atoms with Gasteiger partial charge in [-0.05, 0) is 11.8 Å². The molecule has 0 aliphatic rings. The van der Waals surface area contributed by atoms with Crippen LogP contribution in [-0.4, -0.2) is 26.6 Å². The van der Waals surface area contributed by atoms with E-state index in [1.165, 1.54) is 6.33 Å². The maximum absolute atomic E-state index is 11.9. The van der Waals surface area contributed by atoms with Crippen LogP contribution in [0.4, 0.5) is 0 Å². The molecular formula is C12H22N4O. The summed E-state index contributed by atoms with van der Waals surface area (Å²) in [6.45, 7) is 8.88. The van der Waals surface area contributed by atoms with Gasteiger partial charge in [0.2, 0.25) is 0 Å². The molecule has 1 heterocycles. The summed E-state index contributed by atoms with van der Waals surface area (Å²) < 4.78 is 1.79. The van der Waals surface area contributed by atoms with E-state index in [0.717, 1.165) is 6.54 Å². The lowest BCUT2D eigenvalue weighted by Crippen LogP contribution is -2.37. The molecule has 1 unspecified atom stereocenters. The van der Waals surface area contributed by atoms with E-state index in [0.29, 0.717) is 11.7 Å². The molecule has 5 nitrogen and oxygen atoms in total. The van der Waals surface area contributed by atoms with Gasteiger partial charge in [-0.3, -0.25) is 4.79 Å². The van der Waals surface area contributed by atoms with Crippen LogP contribution in [0.25, 0.3) is 0 Å². The fourth-order valence-electron chi connectivity index (χ4n) is 1.57. The van der Waals surface area contributed by atoms with Crippen molar-refractivity contribution in [3.05, 3.63) is 12.2 Å². The number of aromatic nitrogens is 3. The van der Waals surface area contributed by atoms with E-state index in [1.54, 1.807) is 4.68 Å². The van der Waals surface area contributed by atoms with Crippen LogP contribution in [0, 0.1) is 11.8 Å². The van der Waals surface area contributed by atoms with Crippen molar-refractivity contribution in [1.82, 2.24) is 14.8 Å². The standard InChI is InChI=1S/C12H22N4O/c1-8(2)6-16-11(14-7-15-16)5-10(17)12(13)9(3)4/h7-9,12H,5-6,13H2,1-4H3. The second kappa shape index (κ2) is 5.91. The number of Topliss-reactive ketones (excluding diaryl/α,β-unsaturated/α-hetero) is 1. The molecule has 0 bridgehead atoms. The molecule has 0 spiro atoms. The van der Waals surface area contributed by atoms with Crippen LogP contribution in [0.1, 0.15) is 33.5 Å². The molecule has 1 aromatic heterocycles. The second-order valence-electron chi connectivity index (χ2n) is 5.17. The third kappa shape index (κ3) is 3.93. The number of nitrogens with two attached hydrogens (primary N) is 1. The fraction of sp³-hybridized carbons (Fsp3) is 0.750. The molecule has 17 heavy (non-hydrogen) atoms. The van der Waals surface area contributed by atoms with Crippen LogP contribution in [0.3, 0.4) is 0 Å². The van der Waals surface area contributed by atoms with Crippen molar-refractivity contribution in [2.45, 2.75) is 46.7 Å². The number of hydrogen-bond acceptors (Lipinski definition) is 4. The van der Waals surface area contributed by atoms with E-state index in [-0.39, 0.29) is 18.1 Å². The summed E-state index contributed by atoms with van der Waals surface area (Å²) in [6.07, 6.45) is 1.76. The Bertz CT molecular complexity index is 370. The van der Waals surface area contributed by atoms with Crippen molar-refractivity contribution >= 4 is 5.78 Å². The first-order valence-electron chi connectivity index (χ1n) is 6.06. The predicted octanol–water partition coefficient (Wildman–Crippen LogP) is 1.03. The van der Waals surface area contributed by atoms with Gasteiger partial charge in [0.05, 0.1) is 12.5 Å². The number of ketones is 1. The lowest BCUT2D eigenvalue weighted by atomic mass is 9.99. The lowest BCUT2D eigenvalue weighted by molar-refractivity contribution is -0.120. The zero-order chi connectivity index (χ0) is 13.0. The molecule has 0 amide bonds. The molecule has 0 aliphatic heterocycles. The minimum atomic E-state index is -0.417. The van der Waals surface area contributed by atoms with Crippen molar-refractivity contribution in [2.75, 3.05) is 0 Å². The molecule has 0 aromatic carbocycles. The Morgan fingerprint density at radius 2 is 2.06 bits per heavy atom. The predicted molar refractivity (Wildman–Crippen MR) is 66.4 cm³/mol. The highest BCUT2D eigenvalue weighted by atomic mass is 16.1. The maximum atomic E-state index is 11.9. The number of rotatable bonds is 6. The van der Waals surface area contributed by atoms with Gasteiger partial charge in [-0.25, -0.2) is 9.67 Å². The summed E-state index contributed by atoms with van der Waals surface area (Å²) in [6, 6.07) is -0.417. The highest BCUT2D eigenvalue weighted by Gasteiger charge is 2.19. The van der Waals surface area contributed by atoms with Gasteiger partial charge < -0.3 is 5.73 Å². The Hall–Kier alpha value is -1.23. The first-order chi connectivity index (χ1) is 7.91. The number of hydrogen-bond donors (Lipinski definition) is 1. The zero-order valence-electron chi connectivity index (χ0n) is 11.1. The molecule has 5 heteroatoms. The van der Waals surface area contributed by atoms with E-state index in [4.69, 9.17) is 5.73 Å². The largest absolute Gasteiger partial charge is 0.321 e. The smallest absolute Gasteiger partial charge is 0.157 e. The summed E-state index contributed by atoms with van der Waals surface area (Å²) in [5.74, 6) is 1.37. The Morgan fingerprint density at radius 1 is 1.41 bits per heavy atom. The van der Waals surface area contributed by atoms with Gasteiger partial charge in [0.1, 0.15) is 12.2 Å². The molecule has 0 saturated carbocycles. The van der Waals surface area contributed by atoms with Gasteiger partial charge >= 0.3 is 0 Å². The molecule has 2 N–H and O–H groups in total. The van der Waals surface area contributed by atoms with Gasteiger partial charge in [0, 0.05) is 6.54 Å². The highest BCUT2D eigenvalue weighted by Crippen LogP contribution is 2.06. The van der Waals surface area contributed by atoms with Crippen molar-refractivity contribution in [2.24, 2.45) is 17.6 Å². The monoisotopic (exact) mass is 238 g/mol. The highest BCUT2D eigenvalue weighted by molar-refractivity contribution is 5.85. The summed E-state index contributed by atoms with van der Waals surface area (Å²) in [7, 11) is 0. The molecule has 0 fully saturated rings. The van der Waals surface area contributed by atoms with Crippen LogP contribution in [0.5, 0.6) is 0 Å². The van der Waals surface area contributed by atoms with Crippen molar-refractivity contribution < 1.29 is 4.79 Å². The van der Waals surface area contributed by atoms with E-state index in [1.807, 2.05) is 13.8 Å². The van der Waals surface area contributed by atoms with Crippen molar-refractivity contribution in [3.8, 4) is 0 Å². The lowest BCUT2D eigenvalue weighted by Gasteiger charge is -2.14. The summed E-state index contributed by atoms with van der Waals surface area (Å²) in [4.78, 5) is 16.0. The van der Waals surface area contributed by atoms with Gasteiger partial charge in [-0.15, -0.1) is 0 Å². The topological polar surface area (TPSA) is 73.8 Å². The van der Waals surface area contributed by atoms with Crippen LogP contribution >= 0.6 is 0 Å². The fourth-order valence-corrected chi connectivity index (χ4v) is 1.57. The quantitative estimate of drug-likeness (QED) is 0.803. The first-order valence-corrected chi connectivity index (χ1v) is 6.06. The molecule has 1 aromatic rings. The average Bonchev–Trinajstić information content (AvgIpc) is 2.63. The summed E-state index contributed by atoms with van der Waals surface area (Å²) in [5.41, 5.74) is 5.82. The van der Waals surface area contributed by atoms with Gasteiger partial charge in [0.15, 0.2) is 5.78 Å². The molecule has 0 aliphatic carbocycles. The van der Waals surface area contributed by atoms with E-state index < -0.39 is 6.04 Å². The van der Waals surface area contributed by atoms with Gasteiger partial charge in [-0.2, -0.15) is 5.10 Å². The Balaban J connectivity index is 2.68. The normalized spacial score (nSPS) is 13.4. The van der Waals surface area contributed by atoms with Gasteiger partial charge in [0.25, 0.3) is 0 Å². The minimum Gasteiger partial charge on any atom is -0.321 e. The van der Waals surface area contributed by atoms with Crippen LogP contribution in [-0.2, 0) is 17.8 Å². The van der Waals surface area contributed by atoms with Crippen LogP contribution in [0.2, 0.25) is 0 Å². The Morgan fingerprint density at radius 3 is 2.59 bits per heavy atom. The van der Waals surface area contributed by atoms with Gasteiger partial charge in [-0.1, -0.05) is 27.7 Å². The second-order valence-corrected chi connectivity index (χ2v) is 5.17. The van der Waals surface area contributed by atoms with E-state index in [2.05, 4.69) is 23.9 Å². The molecular weight excluding hydrogens is 216 g/mol. The van der Waals surface area contributed by atoms with Crippen LogP contribution in [0.15, 0.2) is 6.33 Å². The molecule has 1 rings (SSSR count). The van der Waals surface area contributed by atoms with E-state index in [9.17, 15) is 4.79 Å². The Kier molecular flexibility index (Phi) is 4.81. The summed E-state index contributed by atoms with van der Waals surface area (Å²) in [5, 5.41) is 4.13. The third-order valence-corrected chi connectivity index (χ3v) is 2.66. The minimum absolute atomic E-state index is 0.0259. The number of nitrogens with zero attached hydrogens (tertiary/aromatic N) is 3. The van der Waals surface area contributed by atoms with Crippen molar-refractivity contribution in [3.63, 3.8) is 0 Å². The number of carbonyl (C=O) groups excluding carboxylic acids is 1. The van der Waals surface area contributed by atoms with Crippen LogP contribution < -0.4 is 5.73 Å². The zero-order valence-corrected chi connectivity index (χ0v) is 11.1. The Labute approximate surface area is 102 Å². The molecule has 1 atom stereocenters. The average molecular weight is 238 g/mol. The molecule has 0 saturated heterocycles. The first kappa shape index (κ1) is 13.8. The van der Waals surface area contributed by atoms with E-state index >= 15 is 0 Å². The third-order valence-electron chi connectivity index (χ3n) is 2.66. The number of carbonyl (C=O) groups is 1. The molecule has 96 valence electrons. The maximum Gasteiger partial charge on any atom is 0.157 e. The molecule has 0 radical (unpaired) electrons.